The van der Waals surface area contributed by atoms with Gasteiger partial charge < -0.3 is 20.9 Å². The average molecular weight is 320 g/mol. The highest BCUT2D eigenvalue weighted by Crippen LogP contribution is 2.21. The number of anilines is 1. The Balaban J connectivity index is 0.000000841. The molecule has 0 aliphatic heterocycles. The molecule has 0 aliphatic carbocycles. The van der Waals surface area contributed by atoms with Crippen molar-refractivity contribution in [1.29, 1.82) is 0 Å². The van der Waals surface area contributed by atoms with Crippen LogP contribution in [0.1, 0.15) is 23.6 Å². The summed E-state index contributed by atoms with van der Waals surface area (Å²) in [7, 11) is 0. The van der Waals surface area contributed by atoms with E-state index in [0.29, 0.717) is 0 Å². The van der Waals surface area contributed by atoms with Gasteiger partial charge in [-0.05, 0) is 50.5 Å². The molecule has 0 saturated carbocycles. The molecule has 0 aromatic heterocycles. The SMILES string of the molecule is C#CCOC(=O)[C@H](C)Nc1cc(C)cc(C)c1C.NCC(=O)O. The van der Waals surface area contributed by atoms with Crippen molar-refractivity contribution < 1.29 is 19.4 Å². The molecule has 0 amide bonds. The summed E-state index contributed by atoms with van der Waals surface area (Å²) in [6, 6.07) is 3.72. The van der Waals surface area contributed by atoms with Crippen LogP contribution in [0.4, 0.5) is 5.69 Å². The summed E-state index contributed by atoms with van der Waals surface area (Å²) in [5.74, 6) is 0.967. The van der Waals surface area contributed by atoms with E-state index in [0.717, 1.165) is 16.8 Å². The zero-order valence-electron chi connectivity index (χ0n) is 14.0. The van der Waals surface area contributed by atoms with Crippen molar-refractivity contribution in [3.05, 3.63) is 28.8 Å². The maximum absolute atomic E-state index is 11.6. The number of aliphatic carboxylic acids is 1. The molecule has 1 atom stereocenters. The van der Waals surface area contributed by atoms with Crippen LogP contribution in [0.5, 0.6) is 0 Å². The summed E-state index contributed by atoms with van der Waals surface area (Å²) >= 11 is 0. The van der Waals surface area contributed by atoms with E-state index in [-0.39, 0.29) is 19.1 Å². The van der Waals surface area contributed by atoms with Gasteiger partial charge in [0.2, 0.25) is 0 Å². The number of benzene rings is 1. The number of carbonyl (C=O) groups excluding carboxylic acids is 1. The van der Waals surface area contributed by atoms with Gasteiger partial charge in [-0.15, -0.1) is 6.42 Å². The van der Waals surface area contributed by atoms with E-state index in [1.165, 1.54) is 5.56 Å². The topological polar surface area (TPSA) is 102 Å². The van der Waals surface area contributed by atoms with Crippen LogP contribution in [0, 0.1) is 33.1 Å². The third-order valence-corrected chi connectivity index (χ3v) is 3.01. The molecule has 0 bridgehead atoms. The number of carboxylic acids is 1. The van der Waals surface area contributed by atoms with Gasteiger partial charge in [0.25, 0.3) is 0 Å². The van der Waals surface area contributed by atoms with Crippen LogP contribution in [0.3, 0.4) is 0 Å². The fourth-order valence-electron chi connectivity index (χ4n) is 1.72. The summed E-state index contributed by atoms with van der Waals surface area (Å²) < 4.78 is 4.89. The number of esters is 1. The van der Waals surface area contributed by atoms with Gasteiger partial charge in [-0.3, -0.25) is 4.79 Å². The number of aryl methyl sites for hydroxylation is 2. The molecule has 1 aromatic rings. The molecule has 0 saturated heterocycles. The Morgan fingerprint density at radius 2 is 1.96 bits per heavy atom. The smallest absolute Gasteiger partial charge is 0.329 e. The summed E-state index contributed by atoms with van der Waals surface area (Å²) in [6.45, 7) is 7.59. The van der Waals surface area contributed by atoms with Gasteiger partial charge in [0.05, 0.1) is 6.54 Å². The van der Waals surface area contributed by atoms with Crippen LogP contribution >= 0.6 is 0 Å². The number of carbonyl (C=O) groups is 2. The minimum absolute atomic E-state index is 0.0106. The number of terminal acetylenes is 1. The van der Waals surface area contributed by atoms with Gasteiger partial charge >= 0.3 is 11.9 Å². The second-order valence-electron chi connectivity index (χ2n) is 5.03. The summed E-state index contributed by atoms with van der Waals surface area (Å²) in [4.78, 5) is 20.9. The Morgan fingerprint density at radius 3 is 2.43 bits per heavy atom. The van der Waals surface area contributed by atoms with Crippen molar-refractivity contribution in [3.63, 3.8) is 0 Å². The third-order valence-electron chi connectivity index (χ3n) is 3.01. The zero-order chi connectivity index (χ0) is 18.0. The van der Waals surface area contributed by atoms with Crippen LogP contribution in [0.15, 0.2) is 12.1 Å². The Bertz CT molecular complexity index is 591. The lowest BCUT2D eigenvalue weighted by Gasteiger charge is -2.17. The van der Waals surface area contributed by atoms with Crippen LogP contribution < -0.4 is 11.1 Å². The molecule has 6 nitrogen and oxygen atoms in total. The maximum Gasteiger partial charge on any atom is 0.329 e. The molecule has 4 N–H and O–H groups in total. The second-order valence-corrected chi connectivity index (χ2v) is 5.03. The quantitative estimate of drug-likeness (QED) is 0.563. The molecule has 0 spiro atoms. The molecular formula is C17H24N2O4. The minimum atomic E-state index is -0.968. The van der Waals surface area contributed by atoms with E-state index in [2.05, 4.69) is 30.0 Å². The van der Waals surface area contributed by atoms with Gasteiger partial charge in [-0.2, -0.15) is 0 Å². The molecule has 126 valence electrons. The van der Waals surface area contributed by atoms with E-state index in [4.69, 9.17) is 16.3 Å². The number of ether oxygens (including phenoxy) is 1. The summed E-state index contributed by atoms with van der Waals surface area (Å²) in [6.07, 6.45) is 5.05. The number of rotatable bonds is 5. The lowest BCUT2D eigenvalue weighted by atomic mass is 10.0. The first-order chi connectivity index (χ1) is 10.7. The van der Waals surface area contributed by atoms with E-state index in [1.807, 2.05) is 19.9 Å². The first-order valence-electron chi connectivity index (χ1n) is 7.09. The number of nitrogens with one attached hydrogen (secondary N) is 1. The van der Waals surface area contributed by atoms with E-state index < -0.39 is 12.0 Å². The fourth-order valence-corrected chi connectivity index (χ4v) is 1.72. The molecule has 1 aromatic carbocycles. The molecule has 0 fully saturated rings. The standard InChI is InChI=1S/C15H19NO2.C2H5NO2/c1-6-7-18-15(17)13(5)16-14-9-10(2)8-11(3)12(14)4;3-1-2(4)5/h1,8-9,13,16H,7H2,2-5H3;1,3H2,(H,4,5)/t13-;/m0./s1. The van der Waals surface area contributed by atoms with Crippen molar-refractivity contribution in [1.82, 2.24) is 0 Å². The zero-order valence-corrected chi connectivity index (χ0v) is 14.0. The predicted molar refractivity (Wildman–Crippen MR) is 90.2 cm³/mol. The van der Waals surface area contributed by atoms with Gasteiger partial charge in [0.1, 0.15) is 6.04 Å². The number of hydrogen-bond donors (Lipinski definition) is 3. The molecule has 6 heteroatoms. The van der Waals surface area contributed by atoms with Crippen molar-refractivity contribution in [2.24, 2.45) is 5.73 Å². The fraction of sp³-hybridized carbons (Fsp3) is 0.412. The van der Waals surface area contributed by atoms with Crippen LogP contribution in [0.25, 0.3) is 0 Å². The highest BCUT2D eigenvalue weighted by Gasteiger charge is 2.15. The third kappa shape index (κ3) is 7.88. The minimum Gasteiger partial charge on any atom is -0.480 e. The van der Waals surface area contributed by atoms with Crippen LogP contribution in [0.2, 0.25) is 0 Å². The van der Waals surface area contributed by atoms with E-state index in [9.17, 15) is 9.59 Å². The average Bonchev–Trinajstić information content (AvgIpc) is 2.50. The highest BCUT2D eigenvalue weighted by molar-refractivity contribution is 5.79. The molecule has 0 radical (unpaired) electrons. The lowest BCUT2D eigenvalue weighted by Crippen LogP contribution is -2.28. The summed E-state index contributed by atoms with van der Waals surface area (Å²) in [5, 5.41) is 10.8. The maximum atomic E-state index is 11.6. The number of hydrogen-bond acceptors (Lipinski definition) is 5. The van der Waals surface area contributed by atoms with E-state index in [1.54, 1.807) is 6.92 Å². The van der Waals surface area contributed by atoms with Gasteiger partial charge in [-0.25, -0.2) is 4.79 Å². The second kappa shape index (κ2) is 10.2. The Hall–Kier alpha value is -2.52. The molecule has 23 heavy (non-hydrogen) atoms. The Labute approximate surface area is 137 Å². The molecule has 1 rings (SSSR count). The van der Waals surface area contributed by atoms with Gasteiger partial charge in [0, 0.05) is 5.69 Å². The predicted octanol–water partition coefficient (Wildman–Crippen LogP) is 1.62. The number of nitrogens with two attached hydrogens (primary N) is 1. The lowest BCUT2D eigenvalue weighted by molar-refractivity contribution is -0.142. The van der Waals surface area contributed by atoms with Gasteiger partial charge in [-0.1, -0.05) is 12.0 Å². The highest BCUT2D eigenvalue weighted by atomic mass is 16.5. The largest absolute Gasteiger partial charge is 0.480 e. The number of carboxylic acid groups (broad SMARTS) is 1. The molecule has 0 heterocycles. The molecule has 0 aliphatic rings. The van der Waals surface area contributed by atoms with E-state index >= 15 is 0 Å². The van der Waals surface area contributed by atoms with Crippen molar-refractivity contribution >= 4 is 17.6 Å². The van der Waals surface area contributed by atoms with Crippen molar-refractivity contribution in [2.45, 2.75) is 33.7 Å². The van der Waals surface area contributed by atoms with Crippen LogP contribution in [-0.2, 0) is 14.3 Å². The van der Waals surface area contributed by atoms with Crippen molar-refractivity contribution in [3.8, 4) is 12.3 Å². The van der Waals surface area contributed by atoms with Crippen molar-refractivity contribution in [2.75, 3.05) is 18.5 Å². The van der Waals surface area contributed by atoms with Crippen LogP contribution in [-0.4, -0.2) is 36.2 Å². The first-order valence-corrected chi connectivity index (χ1v) is 7.09. The monoisotopic (exact) mass is 320 g/mol. The molecular weight excluding hydrogens is 296 g/mol. The first kappa shape index (κ1) is 20.5. The Kier molecular flexibility index (Phi) is 9.12. The Morgan fingerprint density at radius 1 is 1.39 bits per heavy atom. The normalized spacial score (nSPS) is 10.6. The summed E-state index contributed by atoms with van der Waals surface area (Å²) in [5.41, 5.74) is 9.02. The van der Waals surface area contributed by atoms with Gasteiger partial charge in [0.15, 0.2) is 6.61 Å². The molecule has 0 unspecified atom stereocenters.